The lowest BCUT2D eigenvalue weighted by molar-refractivity contribution is -0.176. The number of amides is 1. The summed E-state index contributed by atoms with van der Waals surface area (Å²) in [5.74, 6) is -2.66. The number of hydrogen-bond acceptors (Lipinski definition) is 6. The lowest BCUT2D eigenvalue weighted by atomic mass is 9.98. The number of nitrogens with two attached hydrogens (primary N) is 1. The fourth-order valence-electron chi connectivity index (χ4n) is 4.42. The summed E-state index contributed by atoms with van der Waals surface area (Å²) in [7, 11) is 0. The van der Waals surface area contributed by atoms with Crippen LogP contribution < -0.4 is 15.5 Å². The highest BCUT2D eigenvalue weighted by atomic mass is 35.5. The molecule has 1 saturated heterocycles. The Balaban J connectivity index is 1.68. The van der Waals surface area contributed by atoms with Crippen molar-refractivity contribution < 1.29 is 26.9 Å². The molecule has 1 amide bonds. The predicted molar refractivity (Wildman–Crippen MR) is 136 cm³/mol. The molecule has 0 saturated carbocycles. The number of alkyl halides is 3. The number of halogens is 5. The van der Waals surface area contributed by atoms with Crippen LogP contribution in [0.1, 0.15) is 37.3 Å². The van der Waals surface area contributed by atoms with Crippen LogP contribution in [-0.4, -0.2) is 41.4 Å². The molecule has 38 heavy (non-hydrogen) atoms. The van der Waals surface area contributed by atoms with Crippen molar-refractivity contribution >= 4 is 29.2 Å². The zero-order chi connectivity index (χ0) is 27.6. The average molecular weight is 554 g/mol. The maximum absolute atomic E-state index is 15.1. The molecule has 12 heteroatoms. The second-order valence-electron chi connectivity index (χ2n) is 9.41. The lowest BCUT2D eigenvalue weighted by Crippen LogP contribution is -2.43. The third-order valence-corrected chi connectivity index (χ3v) is 6.92. The maximum atomic E-state index is 15.1. The molecule has 3 aromatic rings. The van der Waals surface area contributed by atoms with Crippen LogP contribution in [0.2, 0.25) is 5.02 Å². The smallest absolute Gasteiger partial charge is 0.324 e. The van der Waals surface area contributed by atoms with Gasteiger partial charge in [0, 0.05) is 23.8 Å². The molecule has 0 spiro atoms. The molecule has 7 nitrogen and oxygen atoms in total. The van der Waals surface area contributed by atoms with Crippen LogP contribution in [0.15, 0.2) is 40.9 Å². The number of aryl methyl sites for hydroxylation is 1. The van der Waals surface area contributed by atoms with E-state index in [1.807, 2.05) is 0 Å². The molecular weight excluding hydrogens is 526 g/mol. The van der Waals surface area contributed by atoms with E-state index in [1.54, 1.807) is 38.1 Å². The number of anilines is 2. The minimum Gasteiger partial charge on any atom is -0.324 e. The van der Waals surface area contributed by atoms with Crippen LogP contribution in [-0.2, 0) is 11.3 Å². The Hall–Kier alpha value is -3.18. The topological polar surface area (TPSA) is 88.5 Å². The molecule has 0 radical (unpaired) electrons. The second kappa shape index (κ2) is 11.3. The molecule has 2 N–H and O–H groups in total. The summed E-state index contributed by atoms with van der Waals surface area (Å²) in [6, 6.07) is 8.74. The Bertz CT molecular complexity index is 1280. The number of hydrogen-bond donors (Lipinski definition) is 1. The van der Waals surface area contributed by atoms with Crippen LogP contribution in [0, 0.1) is 18.7 Å². The Morgan fingerprint density at radius 1 is 1.29 bits per heavy atom. The molecule has 1 aromatic heterocycles. The van der Waals surface area contributed by atoms with Crippen molar-refractivity contribution in [3.8, 4) is 11.4 Å². The highest BCUT2D eigenvalue weighted by Crippen LogP contribution is 2.36. The highest BCUT2D eigenvalue weighted by molar-refractivity contribution is 6.30. The van der Waals surface area contributed by atoms with Gasteiger partial charge in [0.15, 0.2) is 0 Å². The van der Waals surface area contributed by atoms with E-state index < -0.39 is 24.0 Å². The van der Waals surface area contributed by atoms with Crippen LogP contribution in [0.3, 0.4) is 0 Å². The largest absolute Gasteiger partial charge is 0.393 e. The Morgan fingerprint density at radius 2 is 2.00 bits per heavy atom. The first kappa shape index (κ1) is 27.8. The van der Waals surface area contributed by atoms with Crippen LogP contribution in [0.5, 0.6) is 0 Å². The van der Waals surface area contributed by atoms with Gasteiger partial charge in [0.25, 0.3) is 0 Å². The first-order valence-electron chi connectivity index (χ1n) is 12.2. The fourth-order valence-corrected chi connectivity index (χ4v) is 4.55. The lowest BCUT2D eigenvalue weighted by Gasteiger charge is -2.32. The van der Waals surface area contributed by atoms with Crippen molar-refractivity contribution in [3.63, 3.8) is 0 Å². The molecule has 1 aliphatic rings. The third kappa shape index (κ3) is 6.10. The molecule has 1 aliphatic heterocycles. The number of benzene rings is 2. The monoisotopic (exact) mass is 553 g/mol. The molecule has 2 atom stereocenters. The Labute approximate surface area is 222 Å². The molecule has 1 unspecified atom stereocenters. The summed E-state index contributed by atoms with van der Waals surface area (Å²) in [6.45, 7) is 3.60. The van der Waals surface area contributed by atoms with Crippen molar-refractivity contribution in [2.24, 2.45) is 11.7 Å². The van der Waals surface area contributed by atoms with Gasteiger partial charge in [-0.3, -0.25) is 4.79 Å². The Morgan fingerprint density at radius 3 is 2.66 bits per heavy atom. The summed E-state index contributed by atoms with van der Waals surface area (Å²) in [5, 5.41) is 4.38. The zero-order valence-electron chi connectivity index (χ0n) is 20.9. The normalized spacial score (nSPS) is 16.9. The van der Waals surface area contributed by atoms with Gasteiger partial charge < -0.3 is 20.1 Å². The molecule has 1 fully saturated rings. The van der Waals surface area contributed by atoms with Crippen LogP contribution >= 0.6 is 11.6 Å². The molecule has 0 bridgehead atoms. The van der Waals surface area contributed by atoms with Crippen molar-refractivity contribution in [1.29, 1.82) is 0 Å². The van der Waals surface area contributed by atoms with Crippen molar-refractivity contribution in [3.05, 3.63) is 58.4 Å². The molecule has 2 heterocycles. The summed E-state index contributed by atoms with van der Waals surface area (Å²) < 4.78 is 60.1. The highest BCUT2D eigenvalue weighted by Gasteiger charge is 2.42. The second-order valence-corrected chi connectivity index (χ2v) is 9.85. The van der Waals surface area contributed by atoms with Gasteiger partial charge in [-0.1, -0.05) is 35.8 Å². The SMILES string of the molecule is CC[C@H](N)C(=O)N(Cc1ccc(Cl)cc1)c1cc(-c2noc(N3CCCC(C(F)(F)F)C3)n2)c(F)cc1C. The summed E-state index contributed by atoms with van der Waals surface area (Å²) in [4.78, 5) is 20.3. The zero-order valence-corrected chi connectivity index (χ0v) is 21.7. The minimum absolute atomic E-state index is 0.0221. The van der Waals surface area contributed by atoms with E-state index in [1.165, 1.54) is 21.9 Å². The number of nitrogens with zero attached hydrogens (tertiary/aromatic N) is 4. The summed E-state index contributed by atoms with van der Waals surface area (Å²) >= 11 is 6.00. The minimum atomic E-state index is -4.33. The van der Waals surface area contributed by atoms with E-state index in [-0.39, 0.29) is 42.8 Å². The van der Waals surface area contributed by atoms with E-state index in [0.29, 0.717) is 35.7 Å². The van der Waals surface area contributed by atoms with Gasteiger partial charge in [0.2, 0.25) is 11.7 Å². The predicted octanol–water partition coefficient (Wildman–Crippen LogP) is 5.89. The van der Waals surface area contributed by atoms with Gasteiger partial charge in [0.1, 0.15) is 5.82 Å². The van der Waals surface area contributed by atoms with E-state index in [0.717, 1.165) is 5.56 Å². The van der Waals surface area contributed by atoms with Crippen molar-refractivity contribution in [1.82, 2.24) is 10.1 Å². The van der Waals surface area contributed by atoms with Gasteiger partial charge in [-0.15, -0.1) is 0 Å². The first-order chi connectivity index (χ1) is 18.0. The van der Waals surface area contributed by atoms with Crippen LogP contribution in [0.4, 0.5) is 29.3 Å². The third-order valence-electron chi connectivity index (χ3n) is 6.66. The summed E-state index contributed by atoms with van der Waals surface area (Å²) in [5.41, 5.74) is 7.68. The first-order valence-corrected chi connectivity index (χ1v) is 12.6. The number of aromatic nitrogens is 2. The molecule has 204 valence electrons. The standard InChI is InChI=1S/C26H28ClF4N5O2/c1-3-21(32)24(37)36(13-16-6-8-18(27)9-7-16)22-12-19(20(28)11-15(22)2)23-33-25(38-34-23)35-10-4-5-17(14-35)26(29,30)31/h6-9,11-12,17,21H,3-5,10,13-14,32H2,1-2H3/t17?,21-/m0/s1. The van der Waals surface area contributed by atoms with Gasteiger partial charge in [-0.25, -0.2) is 4.39 Å². The molecule has 2 aromatic carbocycles. The quantitative estimate of drug-likeness (QED) is 0.367. The average Bonchev–Trinajstić information content (AvgIpc) is 3.37. The molecule has 0 aliphatic carbocycles. The van der Waals surface area contributed by atoms with E-state index >= 15 is 4.39 Å². The van der Waals surface area contributed by atoms with Crippen molar-refractivity contribution in [2.75, 3.05) is 22.9 Å². The number of rotatable bonds is 7. The van der Waals surface area contributed by atoms with E-state index in [4.69, 9.17) is 21.9 Å². The number of carbonyl (C=O) groups excluding carboxylic acids is 1. The van der Waals surface area contributed by atoms with E-state index in [2.05, 4.69) is 10.1 Å². The number of piperidine rings is 1. The maximum Gasteiger partial charge on any atom is 0.393 e. The van der Waals surface area contributed by atoms with Gasteiger partial charge >= 0.3 is 12.2 Å². The van der Waals surface area contributed by atoms with Gasteiger partial charge in [-0.2, -0.15) is 18.2 Å². The molecule has 4 rings (SSSR count). The van der Waals surface area contributed by atoms with Gasteiger partial charge in [0.05, 0.1) is 24.1 Å². The van der Waals surface area contributed by atoms with Crippen LogP contribution in [0.25, 0.3) is 11.4 Å². The van der Waals surface area contributed by atoms with E-state index in [9.17, 15) is 18.0 Å². The van der Waals surface area contributed by atoms with Gasteiger partial charge in [-0.05, 0) is 61.6 Å². The fraction of sp³-hybridized carbons (Fsp3) is 0.423. The summed E-state index contributed by atoms with van der Waals surface area (Å²) in [6.07, 6.45) is -3.61. The Kier molecular flexibility index (Phi) is 8.27. The number of carbonyl (C=O) groups is 1. The van der Waals surface area contributed by atoms with Crippen molar-refractivity contribution in [2.45, 2.75) is 51.9 Å². The molecular formula is C26H28ClF4N5O2.